The summed E-state index contributed by atoms with van der Waals surface area (Å²) < 4.78 is 6.84. The first-order valence-corrected chi connectivity index (χ1v) is 6.05. The number of nitrogens with zero attached hydrogens (tertiary/aromatic N) is 1. The molecule has 0 unspecified atom stereocenters. The molecule has 0 radical (unpaired) electrons. The monoisotopic (exact) mass is 285 g/mol. The number of hydrogen-bond acceptors (Lipinski definition) is 4. The SMILES string of the molecule is CCOC(=O)c1nc2ccc(Br)cc2s1. The third kappa shape index (κ3) is 2.18. The standard InChI is InChI=1S/C10H8BrNO2S/c1-2-14-10(13)9-12-7-4-3-6(11)5-8(7)15-9/h3-5H,2H2,1H3. The molecule has 1 aromatic carbocycles. The van der Waals surface area contributed by atoms with Crippen LogP contribution in [0.1, 0.15) is 16.7 Å². The minimum absolute atomic E-state index is 0.352. The molecule has 3 nitrogen and oxygen atoms in total. The zero-order chi connectivity index (χ0) is 10.8. The maximum absolute atomic E-state index is 11.4. The lowest BCUT2D eigenvalue weighted by atomic mass is 10.3. The van der Waals surface area contributed by atoms with E-state index < -0.39 is 0 Å². The van der Waals surface area contributed by atoms with Crippen molar-refractivity contribution in [3.63, 3.8) is 0 Å². The van der Waals surface area contributed by atoms with Crippen LogP contribution in [-0.4, -0.2) is 17.6 Å². The summed E-state index contributed by atoms with van der Waals surface area (Å²) in [7, 11) is 0. The molecule has 15 heavy (non-hydrogen) atoms. The number of benzene rings is 1. The highest BCUT2D eigenvalue weighted by atomic mass is 79.9. The highest BCUT2D eigenvalue weighted by Crippen LogP contribution is 2.25. The van der Waals surface area contributed by atoms with Gasteiger partial charge in [-0.15, -0.1) is 11.3 Å². The largest absolute Gasteiger partial charge is 0.461 e. The third-order valence-corrected chi connectivity index (χ3v) is 3.29. The van der Waals surface area contributed by atoms with Crippen LogP contribution >= 0.6 is 27.3 Å². The summed E-state index contributed by atoms with van der Waals surface area (Å²) in [5, 5.41) is 0.407. The van der Waals surface area contributed by atoms with Crippen LogP contribution in [0, 0.1) is 0 Å². The number of halogens is 1. The van der Waals surface area contributed by atoms with Crippen LogP contribution < -0.4 is 0 Å². The summed E-state index contributed by atoms with van der Waals surface area (Å²) in [5.74, 6) is -0.352. The Morgan fingerprint density at radius 2 is 2.40 bits per heavy atom. The molecule has 78 valence electrons. The minimum Gasteiger partial charge on any atom is -0.461 e. The van der Waals surface area contributed by atoms with Crippen molar-refractivity contribution in [3.05, 3.63) is 27.7 Å². The quantitative estimate of drug-likeness (QED) is 0.796. The third-order valence-electron chi connectivity index (χ3n) is 1.80. The minimum atomic E-state index is -0.352. The normalized spacial score (nSPS) is 10.5. The van der Waals surface area contributed by atoms with Gasteiger partial charge in [-0.25, -0.2) is 9.78 Å². The average molecular weight is 286 g/mol. The van der Waals surface area contributed by atoms with E-state index in [0.717, 1.165) is 14.7 Å². The summed E-state index contributed by atoms with van der Waals surface area (Å²) in [6.45, 7) is 2.15. The number of fused-ring (bicyclic) bond motifs is 1. The first-order valence-electron chi connectivity index (χ1n) is 4.44. The Morgan fingerprint density at radius 1 is 1.60 bits per heavy atom. The molecule has 2 aromatic rings. The van der Waals surface area contributed by atoms with Crippen LogP contribution in [0.15, 0.2) is 22.7 Å². The summed E-state index contributed by atoms with van der Waals surface area (Å²) in [4.78, 5) is 15.6. The van der Waals surface area contributed by atoms with Crippen molar-refractivity contribution in [2.24, 2.45) is 0 Å². The van der Waals surface area contributed by atoms with Gasteiger partial charge in [-0.1, -0.05) is 15.9 Å². The molecule has 0 aliphatic heterocycles. The van der Waals surface area contributed by atoms with Gasteiger partial charge in [-0.05, 0) is 25.1 Å². The molecule has 2 rings (SSSR count). The highest BCUT2D eigenvalue weighted by molar-refractivity contribution is 9.10. The van der Waals surface area contributed by atoms with E-state index in [-0.39, 0.29) is 5.97 Å². The second kappa shape index (κ2) is 4.28. The molecule has 0 bridgehead atoms. The Balaban J connectivity index is 2.42. The van der Waals surface area contributed by atoms with Gasteiger partial charge in [-0.2, -0.15) is 0 Å². The van der Waals surface area contributed by atoms with Gasteiger partial charge in [0.05, 0.1) is 16.8 Å². The highest BCUT2D eigenvalue weighted by Gasteiger charge is 2.12. The Hall–Kier alpha value is -0.940. The predicted octanol–water partition coefficient (Wildman–Crippen LogP) is 3.24. The first kappa shape index (κ1) is 10.6. The molecule has 0 aliphatic rings. The number of thiazole rings is 1. The zero-order valence-electron chi connectivity index (χ0n) is 7.99. The van der Waals surface area contributed by atoms with Gasteiger partial charge in [0, 0.05) is 4.47 Å². The Morgan fingerprint density at radius 3 is 3.13 bits per heavy atom. The van der Waals surface area contributed by atoms with Crippen molar-refractivity contribution in [1.82, 2.24) is 4.98 Å². The molecule has 0 amide bonds. The summed E-state index contributed by atoms with van der Waals surface area (Å²) >= 11 is 4.72. The lowest BCUT2D eigenvalue weighted by molar-refractivity contribution is 0.0526. The van der Waals surface area contributed by atoms with Gasteiger partial charge >= 0.3 is 5.97 Å². The maximum Gasteiger partial charge on any atom is 0.367 e. The summed E-state index contributed by atoms with van der Waals surface area (Å²) in [5.41, 5.74) is 0.825. The summed E-state index contributed by atoms with van der Waals surface area (Å²) in [6.07, 6.45) is 0. The predicted molar refractivity (Wildman–Crippen MR) is 63.3 cm³/mol. The first-order chi connectivity index (χ1) is 7.20. The van der Waals surface area contributed by atoms with Gasteiger partial charge in [0.1, 0.15) is 0 Å². The van der Waals surface area contributed by atoms with Crippen molar-refractivity contribution in [2.45, 2.75) is 6.92 Å². The molecule has 0 saturated carbocycles. The van der Waals surface area contributed by atoms with E-state index in [1.165, 1.54) is 11.3 Å². The lowest BCUT2D eigenvalue weighted by Crippen LogP contribution is -2.03. The van der Waals surface area contributed by atoms with E-state index in [1.807, 2.05) is 18.2 Å². The fourth-order valence-electron chi connectivity index (χ4n) is 1.18. The second-order valence-electron chi connectivity index (χ2n) is 2.85. The second-order valence-corrected chi connectivity index (χ2v) is 4.80. The van der Waals surface area contributed by atoms with E-state index in [9.17, 15) is 4.79 Å². The average Bonchev–Trinajstić information content (AvgIpc) is 2.60. The van der Waals surface area contributed by atoms with Crippen molar-refractivity contribution in [1.29, 1.82) is 0 Å². The van der Waals surface area contributed by atoms with Crippen LogP contribution in [0.4, 0.5) is 0 Å². The molecule has 0 spiro atoms. The van der Waals surface area contributed by atoms with Crippen LogP contribution in [0.5, 0.6) is 0 Å². The van der Waals surface area contributed by atoms with Gasteiger partial charge in [-0.3, -0.25) is 0 Å². The van der Waals surface area contributed by atoms with E-state index in [4.69, 9.17) is 4.74 Å². The van der Waals surface area contributed by atoms with Gasteiger partial charge in [0.25, 0.3) is 0 Å². The Kier molecular flexibility index (Phi) is 3.02. The smallest absolute Gasteiger partial charge is 0.367 e. The fraction of sp³-hybridized carbons (Fsp3) is 0.200. The van der Waals surface area contributed by atoms with Gasteiger partial charge in [0.2, 0.25) is 5.01 Å². The molecule has 0 saturated heterocycles. The molecular weight excluding hydrogens is 278 g/mol. The topological polar surface area (TPSA) is 39.2 Å². The van der Waals surface area contributed by atoms with Gasteiger partial charge < -0.3 is 4.74 Å². The molecular formula is C10H8BrNO2S. The molecule has 0 aliphatic carbocycles. The van der Waals surface area contributed by atoms with E-state index in [0.29, 0.717) is 11.6 Å². The van der Waals surface area contributed by atoms with Crippen LogP contribution in [0.25, 0.3) is 10.2 Å². The molecule has 0 atom stereocenters. The van der Waals surface area contributed by atoms with Crippen molar-refractivity contribution >= 4 is 43.5 Å². The Bertz CT molecular complexity index is 509. The van der Waals surface area contributed by atoms with Gasteiger partial charge in [0.15, 0.2) is 0 Å². The molecule has 1 heterocycles. The van der Waals surface area contributed by atoms with Crippen molar-refractivity contribution in [3.8, 4) is 0 Å². The fourth-order valence-corrected chi connectivity index (χ4v) is 2.59. The molecule has 0 fully saturated rings. The van der Waals surface area contributed by atoms with Crippen LogP contribution in [-0.2, 0) is 4.74 Å². The van der Waals surface area contributed by atoms with E-state index in [1.54, 1.807) is 6.92 Å². The maximum atomic E-state index is 11.4. The molecule has 5 heteroatoms. The number of carbonyl (C=O) groups excluding carboxylic acids is 1. The van der Waals surface area contributed by atoms with Crippen LogP contribution in [0.3, 0.4) is 0 Å². The number of aromatic nitrogens is 1. The lowest BCUT2D eigenvalue weighted by Gasteiger charge is -1.94. The number of hydrogen-bond donors (Lipinski definition) is 0. The van der Waals surface area contributed by atoms with Crippen LogP contribution in [0.2, 0.25) is 0 Å². The number of carbonyl (C=O) groups is 1. The van der Waals surface area contributed by atoms with Crippen molar-refractivity contribution < 1.29 is 9.53 Å². The molecule has 0 N–H and O–H groups in total. The van der Waals surface area contributed by atoms with E-state index >= 15 is 0 Å². The van der Waals surface area contributed by atoms with Crippen molar-refractivity contribution in [2.75, 3.05) is 6.61 Å². The zero-order valence-corrected chi connectivity index (χ0v) is 10.4. The number of rotatable bonds is 2. The summed E-state index contributed by atoms with van der Waals surface area (Å²) in [6, 6.07) is 5.71. The van der Waals surface area contributed by atoms with E-state index in [2.05, 4.69) is 20.9 Å². The molecule has 1 aromatic heterocycles. The number of ether oxygens (including phenoxy) is 1. The Labute approximate surface area is 99.2 Å². The number of esters is 1.